The van der Waals surface area contributed by atoms with Crippen LogP contribution in [0.1, 0.15) is 54.2 Å². The van der Waals surface area contributed by atoms with Crippen molar-refractivity contribution in [3.05, 3.63) is 53.9 Å². The number of hydrogen-bond acceptors (Lipinski definition) is 3. The number of rotatable bonds is 3. The number of nitrogens with zero attached hydrogens (tertiary/aromatic N) is 3. The lowest BCUT2D eigenvalue weighted by atomic mass is 9.87. The summed E-state index contributed by atoms with van der Waals surface area (Å²) in [6.45, 7) is 2.16. The Hall–Kier alpha value is -2.63. The summed E-state index contributed by atoms with van der Waals surface area (Å²) in [5, 5.41) is 6.70. The minimum absolute atomic E-state index is 0.00821. The van der Waals surface area contributed by atoms with Gasteiger partial charge in [-0.2, -0.15) is 5.10 Å². The van der Waals surface area contributed by atoms with Crippen LogP contribution in [0, 0.1) is 17.8 Å². The van der Waals surface area contributed by atoms with Gasteiger partial charge in [0.15, 0.2) is 0 Å². The Balaban J connectivity index is 1.40. The summed E-state index contributed by atoms with van der Waals surface area (Å²) in [7, 11) is 0. The van der Waals surface area contributed by atoms with E-state index in [1.165, 1.54) is 24.8 Å². The summed E-state index contributed by atoms with van der Waals surface area (Å²) in [5.74, 6) is 1.14. The zero-order chi connectivity index (χ0) is 19.8. The highest BCUT2D eigenvalue weighted by atomic mass is 16.2. The largest absolute Gasteiger partial charge is 0.337 e. The first-order valence-electron chi connectivity index (χ1n) is 10.9. The highest BCUT2D eigenvalue weighted by molar-refractivity contribution is 5.92. The maximum Gasteiger partial charge on any atom is 0.271 e. The van der Waals surface area contributed by atoms with Crippen molar-refractivity contribution < 1.29 is 9.59 Å². The maximum absolute atomic E-state index is 13.4. The number of fused-ring (bicyclic) bond motifs is 1. The number of benzene rings is 1. The van der Waals surface area contributed by atoms with E-state index in [9.17, 15) is 9.59 Å². The molecule has 2 saturated heterocycles. The molecule has 1 aromatic carbocycles. The van der Waals surface area contributed by atoms with Crippen LogP contribution in [0.5, 0.6) is 0 Å². The van der Waals surface area contributed by atoms with E-state index < -0.39 is 0 Å². The standard InChI is InChI=1S/C23H28N4O2/c28-22(17-9-5-2-6-10-17)27-14-18-13-26(23(29)20-11-12-24-25-20)15-19(18)21(27)16-7-3-1-4-8-16/h1,3-4,7-8,11-12,17-19,21H,2,5-6,9-10,13-15H2,(H,24,25)/t18-,19-,21+/m0/s1. The average Bonchev–Trinajstić information content (AvgIpc) is 3.50. The van der Waals surface area contributed by atoms with Gasteiger partial charge in [-0.1, -0.05) is 49.6 Å². The fourth-order valence-electron chi connectivity index (χ4n) is 5.64. The fourth-order valence-corrected chi connectivity index (χ4v) is 5.64. The predicted octanol–water partition coefficient (Wildman–Crippen LogP) is 3.26. The van der Waals surface area contributed by atoms with Crippen LogP contribution < -0.4 is 0 Å². The predicted molar refractivity (Wildman–Crippen MR) is 109 cm³/mol. The van der Waals surface area contributed by atoms with E-state index in [0.717, 1.165) is 19.4 Å². The van der Waals surface area contributed by atoms with Crippen LogP contribution in [0.25, 0.3) is 0 Å². The summed E-state index contributed by atoms with van der Waals surface area (Å²) in [4.78, 5) is 30.4. The Morgan fingerprint density at radius 3 is 2.48 bits per heavy atom. The molecule has 2 amide bonds. The maximum atomic E-state index is 13.4. The van der Waals surface area contributed by atoms with E-state index in [2.05, 4.69) is 27.2 Å². The van der Waals surface area contributed by atoms with Crippen LogP contribution in [-0.4, -0.2) is 51.4 Å². The molecule has 152 valence electrons. The molecule has 3 aliphatic rings. The second-order valence-electron chi connectivity index (χ2n) is 8.79. The first-order chi connectivity index (χ1) is 14.2. The summed E-state index contributed by atoms with van der Waals surface area (Å²) < 4.78 is 0. The Bertz CT molecular complexity index is 860. The molecular formula is C23H28N4O2. The molecule has 2 aromatic rings. The van der Waals surface area contributed by atoms with Crippen molar-refractivity contribution in [3.8, 4) is 0 Å². The minimum Gasteiger partial charge on any atom is -0.337 e. The molecule has 0 unspecified atom stereocenters. The molecule has 3 fully saturated rings. The van der Waals surface area contributed by atoms with E-state index in [1.807, 2.05) is 23.1 Å². The van der Waals surface area contributed by atoms with Gasteiger partial charge < -0.3 is 9.80 Å². The Labute approximate surface area is 171 Å². The number of aromatic amines is 1. The molecule has 29 heavy (non-hydrogen) atoms. The van der Waals surface area contributed by atoms with E-state index in [1.54, 1.807) is 12.3 Å². The van der Waals surface area contributed by atoms with Gasteiger partial charge in [-0.3, -0.25) is 14.7 Å². The van der Waals surface area contributed by atoms with E-state index >= 15 is 0 Å². The van der Waals surface area contributed by atoms with Crippen molar-refractivity contribution in [2.24, 2.45) is 17.8 Å². The third-order valence-corrected chi connectivity index (χ3v) is 7.06. The second-order valence-corrected chi connectivity index (χ2v) is 8.79. The topological polar surface area (TPSA) is 69.3 Å². The Morgan fingerprint density at radius 1 is 0.966 bits per heavy atom. The van der Waals surface area contributed by atoms with E-state index in [4.69, 9.17) is 0 Å². The molecule has 2 aliphatic heterocycles. The van der Waals surface area contributed by atoms with Crippen LogP contribution in [0.3, 0.4) is 0 Å². The molecule has 1 aromatic heterocycles. The molecule has 6 nitrogen and oxygen atoms in total. The first-order valence-corrected chi connectivity index (χ1v) is 10.9. The third-order valence-electron chi connectivity index (χ3n) is 7.06. The van der Waals surface area contributed by atoms with Crippen LogP contribution in [0.4, 0.5) is 0 Å². The van der Waals surface area contributed by atoms with E-state index in [0.29, 0.717) is 30.6 Å². The molecule has 3 heterocycles. The van der Waals surface area contributed by atoms with Gasteiger partial charge >= 0.3 is 0 Å². The lowest BCUT2D eigenvalue weighted by Crippen LogP contribution is -2.40. The van der Waals surface area contributed by atoms with Crippen LogP contribution in [-0.2, 0) is 4.79 Å². The zero-order valence-corrected chi connectivity index (χ0v) is 16.7. The van der Waals surface area contributed by atoms with Crippen molar-refractivity contribution in [2.75, 3.05) is 19.6 Å². The summed E-state index contributed by atoms with van der Waals surface area (Å²) in [6.07, 6.45) is 7.25. The molecule has 1 aliphatic carbocycles. The van der Waals surface area contributed by atoms with Crippen molar-refractivity contribution in [2.45, 2.75) is 38.1 Å². The second kappa shape index (κ2) is 7.65. The molecule has 1 saturated carbocycles. The van der Waals surface area contributed by atoms with Gasteiger partial charge in [-0.05, 0) is 24.5 Å². The molecular weight excluding hydrogens is 364 g/mol. The SMILES string of the molecule is O=C(c1ccn[nH]1)N1C[C@H]2CN(C(=O)C3CCCCC3)[C@H](c3ccccc3)[C@H]2C1. The lowest BCUT2D eigenvalue weighted by Gasteiger charge is -2.33. The number of nitrogens with one attached hydrogen (secondary N) is 1. The number of hydrogen-bond donors (Lipinski definition) is 1. The van der Waals surface area contributed by atoms with Crippen molar-refractivity contribution in [3.63, 3.8) is 0 Å². The van der Waals surface area contributed by atoms with Gasteiger partial charge in [0, 0.05) is 43.6 Å². The van der Waals surface area contributed by atoms with Gasteiger partial charge in [0.1, 0.15) is 5.69 Å². The fraction of sp³-hybridized carbons (Fsp3) is 0.522. The smallest absolute Gasteiger partial charge is 0.271 e. The Kier molecular flexibility index (Phi) is 4.86. The van der Waals surface area contributed by atoms with Gasteiger partial charge in [-0.15, -0.1) is 0 Å². The molecule has 0 bridgehead atoms. The number of amides is 2. The average molecular weight is 393 g/mol. The van der Waals surface area contributed by atoms with Gasteiger partial charge in [0.05, 0.1) is 6.04 Å². The van der Waals surface area contributed by atoms with Crippen molar-refractivity contribution >= 4 is 11.8 Å². The monoisotopic (exact) mass is 392 g/mol. The lowest BCUT2D eigenvalue weighted by molar-refractivity contribution is -0.138. The molecule has 6 heteroatoms. The normalized spacial score (nSPS) is 27.2. The molecule has 0 radical (unpaired) electrons. The highest BCUT2D eigenvalue weighted by Crippen LogP contribution is 2.46. The van der Waals surface area contributed by atoms with Crippen LogP contribution in [0.15, 0.2) is 42.6 Å². The molecule has 1 N–H and O–H groups in total. The zero-order valence-electron chi connectivity index (χ0n) is 16.7. The van der Waals surface area contributed by atoms with Crippen molar-refractivity contribution in [1.29, 1.82) is 0 Å². The molecule has 0 spiro atoms. The summed E-state index contributed by atoms with van der Waals surface area (Å²) >= 11 is 0. The van der Waals surface area contributed by atoms with Crippen LogP contribution >= 0.6 is 0 Å². The number of carbonyl (C=O) groups excluding carboxylic acids is 2. The quantitative estimate of drug-likeness (QED) is 0.872. The van der Waals surface area contributed by atoms with Gasteiger partial charge in [0.2, 0.25) is 5.91 Å². The van der Waals surface area contributed by atoms with Gasteiger partial charge in [-0.25, -0.2) is 0 Å². The summed E-state index contributed by atoms with van der Waals surface area (Å²) in [6, 6.07) is 12.2. The minimum atomic E-state index is 0.00821. The molecule has 5 rings (SSSR count). The van der Waals surface area contributed by atoms with Crippen molar-refractivity contribution in [1.82, 2.24) is 20.0 Å². The first kappa shape index (κ1) is 18.4. The molecule has 3 atom stereocenters. The number of likely N-dealkylation sites (tertiary alicyclic amines) is 2. The number of carbonyl (C=O) groups is 2. The number of aromatic nitrogens is 2. The third kappa shape index (κ3) is 3.34. The van der Waals surface area contributed by atoms with E-state index in [-0.39, 0.29) is 23.8 Å². The highest BCUT2D eigenvalue weighted by Gasteiger charge is 2.50. The van der Waals surface area contributed by atoms with Crippen LogP contribution in [0.2, 0.25) is 0 Å². The summed E-state index contributed by atoms with van der Waals surface area (Å²) in [5.41, 5.74) is 1.73. The van der Waals surface area contributed by atoms with Gasteiger partial charge in [0.25, 0.3) is 5.91 Å². The number of H-pyrrole nitrogens is 1. The Morgan fingerprint density at radius 2 is 1.76 bits per heavy atom.